The lowest BCUT2D eigenvalue weighted by Gasteiger charge is -2.39. The Labute approximate surface area is 205 Å². The maximum absolute atomic E-state index is 14.5. The van der Waals surface area contributed by atoms with E-state index < -0.39 is 30.2 Å². The van der Waals surface area contributed by atoms with Crippen LogP contribution in [0.1, 0.15) is 25.8 Å². The Bertz CT molecular complexity index is 1440. The Morgan fingerprint density at radius 1 is 1.00 bits per heavy atom. The van der Waals surface area contributed by atoms with E-state index in [0.717, 1.165) is 0 Å². The number of methoxy groups -OCH3 is 1. The molecule has 0 amide bonds. The van der Waals surface area contributed by atoms with E-state index in [-0.39, 0.29) is 16.3 Å². The fraction of sp³-hybridized carbons (Fsp3) is 0.308. The number of hydrogen-bond donors (Lipinski definition) is 1. The molecule has 10 heteroatoms. The third-order valence-corrected chi connectivity index (χ3v) is 6.30. The molecule has 188 valence electrons. The minimum absolute atomic E-state index is 0.170. The van der Waals surface area contributed by atoms with Crippen LogP contribution in [-0.4, -0.2) is 43.5 Å². The van der Waals surface area contributed by atoms with E-state index in [9.17, 15) is 23.1 Å². The predicted octanol–water partition coefficient (Wildman–Crippen LogP) is 4.52. The molecule has 36 heavy (non-hydrogen) atoms. The fourth-order valence-corrected chi connectivity index (χ4v) is 4.51. The Hall–Kier alpha value is -3.79. The summed E-state index contributed by atoms with van der Waals surface area (Å²) in [6.45, 7) is 2.44. The van der Waals surface area contributed by atoms with Gasteiger partial charge in [0.05, 0.1) is 24.6 Å². The molecule has 0 aliphatic heterocycles. The van der Waals surface area contributed by atoms with Gasteiger partial charge in [0.15, 0.2) is 11.0 Å². The third kappa shape index (κ3) is 4.81. The molecule has 3 heterocycles. The average Bonchev–Trinajstić information content (AvgIpc) is 2.85. The standard InChI is InChI=1S/C26H25F3N4O3/c1-24(2,20-10-17(4-5-23(20)36-3)18-11-31-16-32-12-18)14-25(35,26(27,28)29)15-33-9-7-22(34)19-13-30-8-6-21(19)33/h4-13,16,35H,14-15H2,1-3H3. The number of halogens is 3. The van der Waals surface area contributed by atoms with Crippen molar-refractivity contribution in [2.24, 2.45) is 0 Å². The second-order valence-corrected chi connectivity index (χ2v) is 9.33. The zero-order chi connectivity index (χ0) is 26.1. The lowest BCUT2D eigenvalue weighted by Crippen LogP contribution is -2.52. The minimum Gasteiger partial charge on any atom is -0.496 e. The summed E-state index contributed by atoms with van der Waals surface area (Å²) >= 11 is 0. The van der Waals surface area contributed by atoms with Crippen LogP contribution in [0, 0.1) is 0 Å². The highest BCUT2D eigenvalue weighted by molar-refractivity contribution is 5.77. The van der Waals surface area contributed by atoms with Crippen molar-refractivity contribution >= 4 is 10.9 Å². The first-order chi connectivity index (χ1) is 16.9. The molecule has 0 radical (unpaired) electrons. The highest BCUT2D eigenvalue weighted by atomic mass is 19.4. The molecule has 1 atom stereocenters. The van der Waals surface area contributed by atoms with Crippen molar-refractivity contribution in [1.82, 2.24) is 19.5 Å². The monoisotopic (exact) mass is 498 g/mol. The molecule has 1 N–H and O–H groups in total. The molecule has 4 aromatic rings. The van der Waals surface area contributed by atoms with Crippen molar-refractivity contribution in [3.05, 3.63) is 83.4 Å². The van der Waals surface area contributed by atoms with Gasteiger partial charge in [-0.1, -0.05) is 19.9 Å². The average molecular weight is 499 g/mol. The number of ether oxygens (including phenoxy) is 1. The number of benzene rings is 1. The van der Waals surface area contributed by atoms with Crippen molar-refractivity contribution in [2.45, 2.75) is 44.0 Å². The number of alkyl halides is 3. The van der Waals surface area contributed by atoms with Gasteiger partial charge in [0.2, 0.25) is 0 Å². The molecule has 1 unspecified atom stereocenters. The smallest absolute Gasteiger partial charge is 0.418 e. The first kappa shape index (κ1) is 25.3. The number of fused-ring (bicyclic) bond motifs is 1. The van der Waals surface area contributed by atoms with E-state index in [0.29, 0.717) is 22.4 Å². The van der Waals surface area contributed by atoms with Gasteiger partial charge in [0.25, 0.3) is 0 Å². The maximum atomic E-state index is 14.5. The van der Waals surface area contributed by atoms with Crippen LogP contribution in [0.25, 0.3) is 22.0 Å². The number of rotatable bonds is 7. The van der Waals surface area contributed by atoms with Gasteiger partial charge in [-0.05, 0) is 35.6 Å². The van der Waals surface area contributed by atoms with Gasteiger partial charge in [0.1, 0.15) is 12.1 Å². The lowest BCUT2D eigenvalue weighted by atomic mass is 9.73. The Kier molecular flexibility index (Phi) is 6.57. The van der Waals surface area contributed by atoms with E-state index in [1.54, 1.807) is 44.4 Å². The van der Waals surface area contributed by atoms with Gasteiger partial charge < -0.3 is 14.4 Å². The SMILES string of the molecule is COc1ccc(-c2cncnc2)cc1C(C)(C)CC(O)(Cn1ccc(=O)c2cnccc21)C(F)(F)F. The molecule has 3 aromatic heterocycles. The Morgan fingerprint density at radius 3 is 2.39 bits per heavy atom. The van der Waals surface area contributed by atoms with E-state index >= 15 is 0 Å². The quantitative estimate of drug-likeness (QED) is 0.403. The van der Waals surface area contributed by atoms with Crippen molar-refractivity contribution in [3.8, 4) is 16.9 Å². The second kappa shape index (κ2) is 9.34. The van der Waals surface area contributed by atoms with Crippen molar-refractivity contribution in [1.29, 1.82) is 0 Å². The molecular weight excluding hydrogens is 473 g/mol. The van der Waals surface area contributed by atoms with Crippen LogP contribution in [0.2, 0.25) is 0 Å². The third-order valence-electron chi connectivity index (χ3n) is 6.30. The summed E-state index contributed by atoms with van der Waals surface area (Å²) in [4.78, 5) is 24.1. The maximum Gasteiger partial charge on any atom is 0.418 e. The number of nitrogens with zero attached hydrogens (tertiary/aromatic N) is 4. The number of hydrogen-bond acceptors (Lipinski definition) is 6. The zero-order valence-corrected chi connectivity index (χ0v) is 20.0. The molecule has 0 spiro atoms. The van der Waals surface area contributed by atoms with E-state index in [4.69, 9.17) is 4.74 Å². The minimum atomic E-state index is -4.97. The fourth-order valence-electron chi connectivity index (χ4n) is 4.51. The van der Waals surface area contributed by atoms with E-state index in [1.165, 1.54) is 48.7 Å². The van der Waals surface area contributed by atoms with Crippen LogP contribution >= 0.6 is 0 Å². The highest BCUT2D eigenvalue weighted by Crippen LogP contribution is 2.45. The summed E-state index contributed by atoms with van der Waals surface area (Å²) < 4.78 is 50.1. The normalized spacial score (nSPS) is 14.0. The summed E-state index contributed by atoms with van der Waals surface area (Å²) in [5.74, 6) is 0.394. The first-order valence-corrected chi connectivity index (χ1v) is 11.1. The predicted molar refractivity (Wildman–Crippen MR) is 129 cm³/mol. The molecule has 0 fully saturated rings. The molecule has 1 aromatic carbocycles. The molecule has 0 bridgehead atoms. The van der Waals surface area contributed by atoms with Crippen molar-refractivity contribution < 1.29 is 23.0 Å². The molecular formula is C26H25F3N4O3. The van der Waals surface area contributed by atoms with Gasteiger partial charge in [0, 0.05) is 48.2 Å². The molecule has 0 aliphatic carbocycles. The zero-order valence-electron chi connectivity index (χ0n) is 20.0. The van der Waals surface area contributed by atoms with Crippen LogP contribution in [-0.2, 0) is 12.0 Å². The van der Waals surface area contributed by atoms with Gasteiger partial charge in [-0.3, -0.25) is 9.78 Å². The second-order valence-electron chi connectivity index (χ2n) is 9.33. The van der Waals surface area contributed by atoms with Crippen LogP contribution < -0.4 is 10.2 Å². The van der Waals surface area contributed by atoms with Crippen LogP contribution in [0.3, 0.4) is 0 Å². The van der Waals surface area contributed by atoms with Crippen molar-refractivity contribution in [2.75, 3.05) is 7.11 Å². The molecule has 0 aliphatic rings. The van der Waals surface area contributed by atoms with E-state index in [2.05, 4.69) is 15.0 Å². The summed E-state index contributed by atoms with van der Waals surface area (Å²) in [6, 6.07) is 7.80. The van der Waals surface area contributed by atoms with Crippen molar-refractivity contribution in [3.63, 3.8) is 0 Å². The molecule has 7 nitrogen and oxygen atoms in total. The van der Waals surface area contributed by atoms with Gasteiger partial charge in [-0.25, -0.2) is 9.97 Å². The van der Waals surface area contributed by atoms with Gasteiger partial charge >= 0.3 is 6.18 Å². The number of pyridine rings is 2. The Morgan fingerprint density at radius 2 is 1.72 bits per heavy atom. The molecule has 0 saturated carbocycles. The molecule has 4 rings (SSSR count). The summed E-state index contributed by atoms with van der Waals surface area (Å²) in [7, 11) is 1.44. The highest BCUT2D eigenvalue weighted by Gasteiger charge is 2.56. The summed E-state index contributed by atoms with van der Waals surface area (Å²) in [5.41, 5.74) is -2.54. The summed E-state index contributed by atoms with van der Waals surface area (Å²) in [5, 5.41) is 11.3. The first-order valence-electron chi connectivity index (χ1n) is 11.1. The largest absolute Gasteiger partial charge is 0.496 e. The summed E-state index contributed by atoms with van der Waals surface area (Å²) in [6.07, 6.45) is 2.90. The van der Waals surface area contributed by atoms with Crippen LogP contribution in [0.5, 0.6) is 5.75 Å². The topological polar surface area (TPSA) is 90.1 Å². The van der Waals surface area contributed by atoms with Crippen LogP contribution in [0.4, 0.5) is 13.2 Å². The number of aliphatic hydroxyl groups is 1. The molecule has 0 saturated heterocycles. The lowest BCUT2D eigenvalue weighted by molar-refractivity contribution is -0.271. The van der Waals surface area contributed by atoms with Gasteiger partial charge in [-0.2, -0.15) is 13.2 Å². The van der Waals surface area contributed by atoms with E-state index in [1.807, 2.05) is 0 Å². The van der Waals surface area contributed by atoms with Crippen LogP contribution in [0.15, 0.2) is 72.4 Å². The Balaban J connectivity index is 1.78. The number of aromatic nitrogens is 4. The van der Waals surface area contributed by atoms with Gasteiger partial charge in [-0.15, -0.1) is 0 Å².